The Labute approximate surface area is 190 Å². The maximum Gasteiger partial charge on any atom is 1.00 e. The molecule has 0 atom stereocenters. The molecule has 0 spiro atoms. The molecule has 0 bridgehead atoms. The van der Waals surface area contributed by atoms with Crippen LogP contribution in [-0.2, 0) is 14.6 Å². The Bertz CT molecular complexity index is 447. The Morgan fingerprint density at radius 1 is 0.704 bits per heavy atom. The molecular formula is C21H39NaO4S. The van der Waals surface area contributed by atoms with E-state index >= 15 is 0 Å². The molecule has 154 valence electrons. The Morgan fingerprint density at radius 3 is 1.52 bits per heavy atom. The minimum atomic E-state index is -4.62. The zero-order valence-electron chi connectivity index (χ0n) is 17.7. The van der Waals surface area contributed by atoms with Crippen LogP contribution in [0, 0.1) is 0 Å². The molecule has 0 aromatic rings. The SMILES string of the molecule is CCCCCCCCCCCCCCCCC/C=C/C=C/OS(=O)(=O)[O-].[Na+]. The van der Waals surface area contributed by atoms with E-state index in [0.717, 1.165) is 19.1 Å². The van der Waals surface area contributed by atoms with Crippen molar-refractivity contribution in [2.45, 2.75) is 110 Å². The Hall–Kier alpha value is 0.190. The molecule has 0 aliphatic carbocycles. The fourth-order valence-corrected chi connectivity index (χ4v) is 3.15. The summed E-state index contributed by atoms with van der Waals surface area (Å²) in [6.07, 6.45) is 27.3. The number of rotatable bonds is 19. The summed E-state index contributed by atoms with van der Waals surface area (Å²) in [6.45, 7) is 2.27. The van der Waals surface area contributed by atoms with E-state index in [4.69, 9.17) is 0 Å². The van der Waals surface area contributed by atoms with Gasteiger partial charge in [0.2, 0.25) is 0 Å². The Morgan fingerprint density at radius 2 is 1.11 bits per heavy atom. The summed E-state index contributed by atoms with van der Waals surface area (Å²) in [7, 11) is -4.62. The summed E-state index contributed by atoms with van der Waals surface area (Å²) in [5, 5.41) is 0. The van der Waals surface area contributed by atoms with E-state index < -0.39 is 10.4 Å². The fourth-order valence-electron chi connectivity index (χ4n) is 2.95. The molecule has 0 rings (SSSR count). The summed E-state index contributed by atoms with van der Waals surface area (Å²) < 4.78 is 34.5. The predicted octanol–water partition coefficient (Wildman–Crippen LogP) is 3.80. The van der Waals surface area contributed by atoms with Crippen molar-refractivity contribution in [3.05, 3.63) is 24.5 Å². The van der Waals surface area contributed by atoms with Crippen LogP contribution < -0.4 is 29.6 Å². The number of hydrogen-bond acceptors (Lipinski definition) is 4. The summed E-state index contributed by atoms with van der Waals surface area (Å²) in [6, 6.07) is 0. The molecule has 0 fully saturated rings. The molecule has 27 heavy (non-hydrogen) atoms. The molecule has 0 saturated heterocycles. The second kappa shape index (κ2) is 22.5. The number of unbranched alkanes of at least 4 members (excludes halogenated alkanes) is 15. The monoisotopic (exact) mass is 410 g/mol. The van der Waals surface area contributed by atoms with E-state index in [1.54, 1.807) is 6.08 Å². The first-order valence-electron chi connectivity index (χ1n) is 10.5. The quantitative estimate of drug-likeness (QED) is 0.0811. The summed E-state index contributed by atoms with van der Waals surface area (Å²) >= 11 is 0. The Kier molecular flexibility index (Phi) is 24.5. The van der Waals surface area contributed by atoms with Gasteiger partial charge in [-0.3, -0.25) is 0 Å². The van der Waals surface area contributed by atoms with Gasteiger partial charge in [-0.05, 0) is 18.9 Å². The topological polar surface area (TPSA) is 66.4 Å². The second-order valence-corrected chi connectivity index (χ2v) is 8.01. The fraction of sp³-hybridized carbons (Fsp3) is 0.810. The van der Waals surface area contributed by atoms with Crippen LogP contribution in [0.4, 0.5) is 0 Å². The first-order valence-corrected chi connectivity index (χ1v) is 11.9. The maximum absolute atomic E-state index is 10.2. The van der Waals surface area contributed by atoms with Crippen molar-refractivity contribution in [1.29, 1.82) is 0 Å². The van der Waals surface area contributed by atoms with Crippen molar-refractivity contribution in [3.63, 3.8) is 0 Å². The molecule has 0 radical (unpaired) electrons. The van der Waals surface area contributed by atoms with E-state index in [1.807, 2.05) is 6.08 Å². The van der Waals surface area contributed by atoms with Gasteiger partial charge in [-0.1, -0.05) is 109 Å². The molecule has 0 unspecified atom stereocenters. The van der Waals surface area contributed by atoms with Crippen LogP contribution in [0.3, 0.4) is 0 Å². The van der Waals surface area contributed by atoms with Gasteiger partial charge in [-0.25, -0.2) is 8.42 Å². The van der Waals surface area contributed by atoms with Crippen molar-refractivity contribution in [2.75, 3.05) is 0 Å². The summed E-state index contributed by atoms with van der Waals surface area (Å²) in [5.41, 5.74) is 0. The summed E-state index contributed by atoms with van der Waals surface area (Å²) in [5.74, 6) is 0. The van der Waals surface area contributed by atoms with Crippen LogP contribution in [0.2, 0.25) is 0 Å². The first kappa shape index (κ1) is 29.4. The molecule has 0 aliphatic rings. The Balaban J connectivity index is 0. The van der Waals surface area contributed by atoms with Crippen molar-refractivity contribution < 1.29 is 46.7 Å². The van der Waals surface area contributed by atoms with Crippen LogP contribution in [-0.4, -0.2) is 13.0 Å². The van der Waals surface area contributed by atoms with Gasteiger partial charge in [0.15, 0.2) is 0 Å². The smallest absolute Gasteiger partial charge is 0.716 e. The molecule has 0 saturated carbocycles. The van der Waals surface area contributed by atoms with Crippen LogP contribution in [0.25, 0.3) is 0 Å². The standard InChI is InChI=1S/C21H40O4S.Na/c1-2-3-4-5-6-7-8-9-10-11-12-13-14-15-16-17-18-19-20-21-25-26(22,23)24;/h18-21H,2-17H2,1H3,(H,22,23,24);/q;+1/p-1/b19-18+,21-20+;. The van der Waals surface area contributed by atoms with E-state index in [1.165, 1.54) is 96.0 Å². The third-order valence-corrected chi connectivity index (χ3v) is 4.82. The van der Waals surface area contributed by atoms with Gasteiger partial charge in [0.25, 0.3) is 10.4 Å². The molecule has 0 aromatic heterocycles. The largest absolute Gasteiger partial charge is 1.00 e. The van der Waals surface area contributed by atoms with Gasteiger partial charge in [0, 0.05) is 0 Å². The zero-order chi connectivity index (χ0) is 19.3. The minimum absolute atomic E-state index is 0. The van der Waals surface area contributed by atoms with Crippen LogP contribution in [0.1, 0.15) is 110 Å². The van der Waals surface area contributed by atoms with E-state index in [2.05, 4.69) is 11.1 Å². The number of hydrogen-bond donors (Lipinski definition) is 0. The molecule has 0 N–H and O–H groups in total. The molecular weight excluding hydrogens is 371 g/mol. The van der Waals surface area contributed by atoms with Gasteiger partial charge in [-0.15, -0.1) is 0 Å². The molecule has 0 heterocycles. The normalized spacial score (nSPS) is 11.9. The average molecular weight is 411 g/mol. The number of allylic oxidation sites excluding steroid dienone is 3. The molecule has 0 amide bonds. The van der Waals surface area contributed by atoms with E-state index in [0.29, 0.717) is 0 Å². The van der Waals surface area contributed by atoms with Crippen molar-refractivity contribution in [1.82, 2.24) is 0 Å². The predicted molar refractivity (Wildman–Crippen MR) is 109 cm³/mol. The van der Waals surface area contributed by atoms with Crippen molar-refractivity contribution in [2.24, 2.45) is 0 Å². The average Bonchev–Trinajstić information content (AvgIpc) is 2.59. The third-order valence-electron chi connectivity index (χ3n) is 4.47. The van der Waals surface area contributed by atoms with Gasteiger partial charge < -0.3 is 8.74 Å². The van der Waals surface area contributed by atoms with Gasteiger partial charge in [0.1, 0.15) is 6.26 Å². The minimum Gasteiger partial charge on any atom is -0.716 e. The van der Waals surface area contributed by atoms with Gasteiger partial charge in [-0.2, -0.15) is 0 Å². The van der Waals surface area contributed by atoms with Gasteiger partial charge in [0.05, 0.1) is 0 Å². The van der Waals surface area contributed by atoms with E-state index in [9.17, 15) is 13.0 Å². The van der Waals surface area contributed by atoms with Crippen LogP contribution in [0.15, 0.2) is 24.5 Å². The van der Waals surface area contributed by atoms with Crippen molar-refractivity contribution >= 4 is 10.4 Å². The summed E-state index contributed by atoms with van der Waals surface area (Å²) in [4.78, 5) is 0. The van der Waals surface area contributed by atoms with Crippen LogP contribution >= 0.6 is 0 Å². The molecule has 6 heteroatoms. The van der Waals surface area contributed by atoms with E-state index in [-0.39, 0.29) is 29.6 Å². The third kappa shape index (κ3) is 28.5. The maximum atomic E-state index is 10.2. The van der Waals surface area contributed by atoms with Crippen LogP contribution in [0.5, 0.6) is 0 Å². The van der Waals surface area contributed by atoms with Gasteiger partial charge >= 0.3 is 29.6 Å². The second-order valence-electron chi connectivity index (χ2n) is 7.00. The first-order chi connectivity index (χ1) is 12.6. The molecule has 4 nitrogen and oxygen atoms in total. The molecule has 0 aliphatic heterocycles. The molecule has 0 aromatic carbocycles. The van der Waals surface area contributed by atoms with Crippen molar-refractivity contribution in [3.8, 4) is 0 Å². The zero-order valence-corrected chi connectivity index (χ0v) is 20.5.